The summed E-state index contributed by atoms with van der Waals surface area (Å²) in [7, 11) is 0. The van der Waals surface area contributed by atoms with Crippen molar-refractivity contribution in [3.8, 4) is 0 Å². The molecule has 5 heteroatoms. The third-order valence-electron chi connectivity index (χ3n) is 3.19. The van der Waals surface area contributed by atoms with Crippen LogP contribution in [0.15, 0.2) is 11.6 Å². The van der Waals surface area contributed by atoms with Crippen molar-refractivity contribution in [1.29, 1.82) is 0 Å². The maximum atomic E-state index is 6.10. The van der Waals surface area contributed by atoms with Crippen LogP contribution in [0.25, 0.3) is 4.96 Å². The van der Waals surface area contributed by atoms with Crippen LogP contribution >= 0.6 is 22.9 Å². The number of anilines is 1. The Kier molecular flexibility index (Phi) is 3.01. The summed E-state index contributed by atoms with van der Waals surface area (Å²) in [6, 6.07) is 0.696. The standard InChI is InChI=1S/C12H16ClN3S/c1-2-5-15(9-3-4-9)11-10(8-13)16-6-7-17-12(16)14-11/h6-7,9H,2-5,8H2,1H3. The molecule has 0 amide bonds. The van der Waals surface area contributed by atoms with E-state index in [-0.39, 0.29) is 0 Å². The zero-order valence-electron chi connectivity index (χ0n) is 9.90. The first kappa shape index (κ1) is 11.4. The van der Waals surface area contributed by atoms with Crippen molar-refractivity contribution in [2.24, 2.45) is 0 Å². The molecular weight excluding hydrogens is 254 g/mol. The molecule has 0 unspecified atom stereocenters. The van der Waals surface area contributed by atoms with Crippen molar-refractivity contribution in [2.75, 3.05) is 11.4 Å². The van der Waals surface area contributed by atoms with Crippen molar-refractivity contribution in [1.82, 2.24) is 9.38 Å². The quantitative estimate of drug-likeness (QED) is 0.775. The molecule has 3 nitrogen and oxygen atoms in total. The highest BCUT2D eigenvalue weighted by Crippen LogP contribution is 2.35. The summed E-state index contributed by atoms with van der Waals surface area (Å²) in [5, 5.41) is 2.06. The maximum absolute atomic E-state index is 6.10. The molecule has 1 saturated carbocycles. The Labute approximate surface area is 110 Å². The van der Waals surface area contributed by atoms with E-state index in [4.69, 9.17) is 16.6 Å². The number of hydrogen-bond acceptors (Lipinski definition) is 3. The van der Waals surface area contributed by atoms with E-state index in [1.807, 2.05) is 0 Å². The molecule has 1 fully saturated rings. The lowest BCUT2D eigenvalue weighted by Gasteiger charge is -2.22. The average molecular weight is 270 g/mol. The van der Waals surface area contributed by atoms with E-state index in [2.05, 4.69) is 27.8 Å². The van der Waals surface area contributed by atoms with Gasteiger partial charge in [0.1, 0.15) is 0 Å². The van der Waals surface area contributed by atoms with Crippen LogP contribution in [0.2, 0.25) is 0 Å². The molecule has 2 aromatic rings. The first-order valence-electron chi connectivity index (χ1n) is 6.12. The van der Waals surface area contributed by atoms with Gasteiger partial charge < -0.3 is 4.90 Å². The van der Waals surface area contributed by atoms with Gasteiger partial charge in [0.25, 0.3) is 0 Å². The molecule has 1 aliphatic rings. The largest absolute Gasteiger partial charge is 0.352 e. The summed E-state index contributed by atoms with van der Waals surface area (Å²) in [6.07, 6.45) is 5.81. The van der Waals surface area contributed by atoms with E-state index in [1.165, 1.54) is 12.8 Å². The Morgan fingerprint density at radius 1 is 1.59 bits per heavy atom. The van der Waals surface area contributed by atoms with Crippen LogP contribution in [-0.2, 0) is 5.88 Å². The summed E-state index contributed by atoms with van der Waals surface area (Å²) >= 11 is 7.77. The van der Waals surface area contributed by atoms with Crippen LogP contribution in [0, 0.1) is 0 Å². The first-order chi connectivity index (χ1) is 8.35. The molecule has 17 heavy (non-hydrogen) atoms. The number of nitrogens with zero attached hydrogens (tertiary/aromatic N) is 3. The van der Waals surface area contributed by atoms with Gasteiger partial charge in [-0.3, -0.25) is 4.40 Å². The number of aromatic nitrogens is 2. The molecule has 0 aliphatic heterocycles. The molecule has 0 N–H and O–H groups in total. The van der Waals surface area contributed by atoms with Gasteiger partial charge in [-0.25, -0.2) is 4.98 Å². The Hall–Kier alpha value is -0.740. The van der Waals surface area contributed by atoms with Crippen LogP contribution in [-0.4, -0.2) is 22.0 Å². The molecule has 0 saturated heterocycles. The zero-order chi connectivity index (χ0) is 11.8. The summed E-state index contributed by atoms with van der Waals surface area (Å²) in [5.74, 6) is 1.64. The minimum atomic E-state index is 0.528. The fraction of sp³-hybridized carbons (Fsp3) is 0.583. The van der Waals surface area contributed by atoms with E-state index in [9.17, 15) is 0 Å². The van der Waals surface area contributed by atoms with Crippen LogP contribution in [0.4, 0.5) is 5.82 Å². The van der Waals surface area contributed by atoms with Gasteiger partial charge in [-0.2, -0.15) is 0 Å². The van der Waals surface area contributed by atoms with Gasteiger partial charge in [0.2, 0.25) is 0 Å². The molecule has 2 aromatic heterocycles. The molecule has 0 spiro atoms. The Balaban J connectivity index is 2.04. The van der Waals surface area contributed by atoms with Crippen molar-refractivity contribution in [3.05, 3.63) is 17.3 Å². The molecular formula is C12H16ClN3S. The van der Waals surface area contributed by atoms with Gasteiger partial charge >= 0.3 is 0 Å². The third kappa shape index (κ3) is 1.93. The number of hydrogen-bond donors (Lipinski definition) is 0. The van der Waals surface area contributed by atoms with E-state index < -0.39 is 0 Å². The lowest BCUT2D eigenvalue weighted by Crippen LogP contribution is -2.27. The molecule has 1 aliphatic carbocycles. The summed E-state index contributed by atoms with van der Waals surface area (Å²) in [5.41, 5.74) is 1.14. The highest BCUT2D eigenvalue weighted by atomic mass is 35.5. The molecule has 2 heterocycles. The van der Waals surface area contributed by atoms with Crippen LogP contribution in [0.3, 0.4) is 0 Å². The Morgan fingerprint density at radius 3 is 3.06 bits per heavy atom. The minimum absolute atomic E-state index is 0.528. The highest BCUT2D eigenvalue weighted by Gasteiger charge is 2.32. The van der Waals surface area contributed by atoms with Crippen molar-refractivity contribution >= 4 is 33.7 Å². The van der Waals surface area contributed by atoms with Gasteiger partial charge in [-0.1, -0.05) is 6.92 Å². The predicted octanol–water partition coefficient (Wildman–Crippen LogP) is 3.51. The normalized spacial score (nSPS) is 15.6. The summed E-state index contributed by atoms with van der Waals surface area (Å²) < 4.78 is 2.12. The van der Waals surface area contributed by atoms with E-state index in [0.29, 0.717) is 11.9 Å². The van der Waals surface area contributed by atoms with Gasteiger partial charge in [0.15, 0.2) is 10.8 Å². The second-order valence-corrected chi connectivity index (χ2v) is 5.64. The zero-order valence-corrected chi connectivity index (χ0v) is 11.5. The molecule has 0 bridgehead atoms. The predicted molar refractivity (Wildman–Crippen MR) is 73.3 cm³/mol. The van der Waals surface area contributed by atoms with E-state index in [0.717, 1.165) is 29.4 Å². The molecule has 3 rings (SSSR count). The smallest absolute Gasteiger partial charge is 0.195 e. The second kappa shape index (κ2) is 4.50. The fourth-order valence-electron chi connectivity index (χ4n) is 2.26. The lowest BCUT2D eigenvalue weighted by atomic mass is 10.3. The molecule has 0 atom stereocenters. The Bertz CT molecular complexity index is 515. The van der Waals surface area contributed by atoms with Crippen molar-refractivity contribution in [2.45, 2.75) is 38.1 Å². The number of imidazole rings is 1. The minimum Gasteiger partial charge on any atom is -0.352 e. The van der Waals surface area contributed by atoms with E-state index in [1.54, 1.807) is 11.3 Å². The Morgan fingerprint density at radius 2 is 2.41 bits per heavy atom. The summed E-state index contributed by atoms with van der Waals surface area (Å²) in [4.78, 5) is 8.24. The van der Waals surface area contributed by atoms with Gasteiger partial charge in [0, 0.05) is 24.2 Å². The van der Waals surface area contributed by atoms with Crippen molar-refractivity contribution in [3.63, 3.8) is 0 Å². The van der Waals surface area contributed by atoms with Crippen LogP contribution < -0.4 is 4.90 Å². The number of fused-ring (bicyclic) bond motifs is 1. The SMILES string of the molecule is CCCN(c1nc2sccn2c1CCl)C1CC1. The van der Waals surface area contributed by atoms with Crippen LogP contribution in [0.5, 0.6) is 0 Å². The first-order valence-corrected chi connectivity index (χ1v) is 7.53. The van der Waals surface area contributed by atoms with Gasteiger partial charge in [-0.05, 0) is 19.3 Å². The van der Waals surface area contributed by atoms with Gasteiger partial charge in [0.05, 0.1) is 11.6 Å². The average Bonchev–Trinajstić information content (AvgIpc) is 2.96. The number of thiazole rings is 1. The number of rotatable bonds is 5. The van der Waals surface area contributed by atoms with Crippen LogP contribution in [0.1, 0.15) is 31.9 Å². The topological polar surface area (TPSA) is 20.5 Å². The molecule has 0 radical (unpaired) electrons. The fourth-order valence-corrected chi connectivity index (χ4v) is 3.24. The highest BCUT2D eigenvalue weighted by molar-refractivity contribution is 7.15. The van der Waals surface area contributed by atoms with E-state index >= 15 is 0 Å². The third-order valence-corrected chi connectivity index (χ3v) is 4.20. The number of halogens is 1. The molecule has 0 aromatic carbocycles. The summed E-state index contributed by atoms with van der Waals surface area (Å²) in [6.45, 7) is 3.30. The number of alkyl halides is 1. The maximum Gasteiger partial charge on any atom is 0.195 e. The van der Waals surface area contributed by atoms with Crippen molar-refractivity contribution < 1.29 is 0 Å². The monoisotopic (exact) mass is 269 g/mol. The van der Waals surface area contributed by atoms with Gasteiger partial charge in [-0.15, -0.1) is 22.9 Å². The molecule has 92 valence electrons. The lowest BCUT2D eigenvalue weighted by molar-refractivity contribution is 0.749. The second-order valence-electron chi connectivity index (χ2n) is 4.50.